The molecule has 0 spiro atoms. The van der Waals surface area contributed by atoms with E-state index in [1.807, 2.05) is 6.92 Å². The van der Waals surface area contributed by atoms with Crippen LogP contribution in [0.15, 0.2) is 23.3 Å². The van der Waals surface area contributed by atoms with Crippen LogP contribution in [0, 0.1) is 29.1 Å². The zero-order valence-corrected chi connectivity index (χ0v) is 26.6. The molecule has 214 valence electrons. The summed E-state index contributed by atoms with van der Waals surface area (Å²) in [5, 5.41) is 20.7. The van der Waals surface area contributed by atoms with Gasteiger partial charge in [0.15, 0.2) is 8.32 Å². The monoisotopic (exact) mass is 532 g/mol. The van der Waals surface area contributed by atoms with Crippen molar-refractivity contribution in [1.82, 2.24) is 0 Å². The number of rotatable bonds is 11. The highest BCUT2D eigenvalue weighted by Gasteiger charge is 2.50. The van der Waals surface area contributed by atoms with Crippen LogP contribution in [-0.2, 0) is 4.43 Å². The highest BCUT2D eigenvalue weighted by atomic mass is 28.4. The van der Waals surface area contributed by atoms with Gasteiger partial charge in [0.2, 0.25) is 0 Å². The molecule has 2 N–H and O–H groups in total. The molecular weight excluding hydrogens is 472 g/mol. The molecule has 0 bridgehead atoms. The zero-order valence-electron chi connectivity index (χ0n) is 25.6. The Morgan fingerprint density at radius 1 is 1.05 bits per heavy atom. The SMILES string of the molecule is CC[Si](CC)(CC)OC(C)(C)CCC[C@H](C)C1CCC2/C(=C/C=C3C[C@@H](O)C(C)[C@H](O)C3)CCC[C@@]21C. The summed E-state index contributed by atoms with van der Waals surface area (Å²) < 4.78 is 6.89. The Hall–Kier alpha value is -0.423. The van der Waals surface area contributed by atoms with E-state index in [4.69, 9.17) is 4.43 Å². The normalized spacial score (nSPS) is 35.0. The van der Waals surface area contributed by atoms with E-state index in [0.717, 1.165) is 11.8 Å². The molecule has 0 heterocycles. The van der Waals surface area contributed by atoms with Crippen molar-refractivity contribution in [2.75, 3.05) is 0 Å². The van der Waals surface area contributed by atoms with Crippen molar-refractivity contribution in [3.63, 3.8) is 0 Å². The second-order valence-electron chi connectivity index (χ2n) is 14.0. The summed E-state index contributed by atoms with van der Waals surface area (Å²) >= 11 is 0. The molecule has 3 nitrogen and oxygen atoms in total. The van der Waals surface area contributed by atoms with Gasteiger partial charge < -0.3 is 14.6 Å². The molecule has 3 rings (SSSR count). The Kier molecular flexibility index (Phi) is 10.8. The van der Waals surface area contributed by atoms with Crippen LogP contribution >= 0.6 is 0 Å². The molecule has 0 radical (unpaired) electrons. The standard InChI is InChI=1S/C33H60O3Si/c1-9-37(10-2,11-3)36-32(6,7)20-12-14-24(4)28-18-19-29-27(15-13-21-33(28,29)8)17-16-26-22-30(34)25(5)31(35)23-26/h16-17,24-25,28-31,34-35H,9-15,18-23H2,1-8H3/b26-16?,27-17+/t24-,25?,28?,29?,30+,31+,33+/m0/s1. The lowest BCUT2D eigenvalue weighted by Crippen LogP contribution is -2.44. The molecule has 0 aliphatic heterocycles. The Labute approximate surface area is 230 Å². The maximum absolute atomic E-state index is 10.3. The first-order valence-electron chi connectivity index (χ1n) is 15.8. The van der Waals surface area contributed by atoms with Gasteiger partial charge in [-0.2, -0.15) is 0 Å². The average molecular weight is 533 g/mol. The minimum absolute atomic E-state index is 0.00238. The first-order valence-corrected chi connectivity index (χ1v) is 18.4. The van der Waals surface area contributed by atoms with Crippen LogP contribution in [0.5, 0.6) is 0 Å². The molecule has 3 saturated carbocycles. The third-order valence-electron chi connectivity index (χ3n) is 11.3. The van der Waals surface area contributed by atoms with E-state index in [9.17, 15) is 10.2 Å². The van der Waals surface area contributed by atoms with Crippen molar-refractivity contribution in [3.05, 3.63) is 23.3 Å². The van der Waals surface area contributed by atoms with E-state index in [2.05, 4.69) is 60.6 Å². The van der Waals surface area contributed by atoms with Crippen molar-refractivity contribution in [2.24, 2.45) is 29.1 Å². The average Bonchev–Trinajstić information content (AvgIpc) is 3.22. The van der Waals surface area contributed by atoms with Gasteiger partial charge in [0, 0.05) is 5.92 Å². The Morgan fingerprint density at radius 2 is 1.68 bits per heavy atom. The Bertz CT molecular complexity index is 775. The molecular formula is C33H60O3Si. The largest absolute Gasteiger partial charge is 0.412 e. The first-order chi connectivity index (χ1) is 17.4. The van der Waals surface area contributed by atoms with Crippen LogP contribution < -0.4 is 0 Å². The number of fused-ring (bicyclic) bond motifs is 1. The van der Waals surface area contributed by atoms with Crippen LogP contribution in [0.2, 0.25) is 18.1 Å². The topological polar surface area (TPSA) is 49.7 Å². The predicted molar refractivity (Wildman–Crippen MR) is 160 cm³/mol. The highest BCUT2D eigenvalue weighted by molar-refractivity contribution is 6.73. The third kappa shape index (κ3) is 7.21. The van der Waals surface area contributed by atoms with Crippen LogP contribution in [0.25, 0.3) is 0 Å². The van der Waals surface area contributed by atoms with Gasteiger partial charge in [0.05, 0.1) is 17.8 Å². The number of aliphatic hydroxyl groups is 2. The van der Waals surface area contributed by atoms with Crippen molar-refractivity contribution >= 4 is 8.32 Å². The molecule has 0 saturated heterocycles. The van der Waals surface area contributed by atoms with E-state index < -0.39 is 20.5 Å². The molecule has 3 fully saturated rings. The fourth-order valence-corrected chi connectivity index (χ4v) is 11.7. The van der Waals surface area contributed by atoms with E-state index in [-0.39, 0.29) is 11.5 Å². The lowest BCUT2D eigenvalue weighted by atomic mass is 9.60. The van der Waals surface area contributed by atoms with Crippen molar-refractivity contribution in [3.8, 4) is 0 Å². The fraction of sp³-hybridized carbons (Fsp3) is 0.879. The quantitative estimate of drug-likeness (QED) is 0.261. The number of hydrogen-bond acceptors (Lipinski definition) is 3. The molecule has 3 aliphatic carbocycles. The van der Waals surface area contributed by atoms with Gasteiger partial charge in [-0.1, -0.05) is 77.7 Å². The Morgan fingerprint density at radius 3 is 2.27 bits per heavy atom. The zero-order chi connectivity index (χ0) is 27.4. The molecule has 0 aromatic rings. The molecule has 4 heteroatoms. The van der Waals surface area contributed by atoms with Crippen LogP contribution in [-0.4, -0.2) is 36.3 Å². The van der Waals surface area contributed by atoms with Crippen LogP contribution in [0.1, 0.15) is 120 Å². The second-order valence-corrected chi connectivity index (χ2v) is 18.7. The van der Waals surface area contributed by atoms with Crippen LogP contribution in [0.4, 0.5) is 0 Å². The maximum Gasteiger partial charge on any atom is 0.192 e. The van der Waals surface area contributed by atoms with Gasteiger partial charge in [-0.05, 0) is 107 Å². The summed E-state index contributed by atoms with van der Waals surface area (Å²) in [6.07, 6.45) is 15.6. The van der Waals surface area contributed by atoms with Gasteiger partial charge in [-0.25, -0.2) is 0 Å². The van der Waals surface area contributed by atoms with Crippen LogP contribution in [0.3, 0.4) is 0 Å². The smallest absolute Gasteiger partial charge is 0.192 e. The summed E-state index contributed by atoms with van der Waals surface area (Å²) in [7, 11) is -1.57. The van der Waals surface area contributed by atoms with Gasteiger partial charge in [-0.15, -0.1) is 0 Å². The van der Waals surface area contributed by atoms with E-state index in [0.29, 0.717) is 24.2 Å². The molecule has 0 amide bonds. The second kappa shape index (κ2) is 12.8. The summed E-state index contributed by atoms with van der Waals surface area (Å²) in [6, 6.07) is 3.69. The fourth-order valence-electron chi connectivity index (χ4n) is 8.48. The Balaban J connectivity index is 1.60. The predicted octanol–water partition coefficient (Wildman–Crippen LogP) is 8.81. The lowest BCUT2D eigenvalue weighted by Gasteiger charge is -2.44. The van der Waals surface area contributed by atoms with Crippen molar-refractivity contribution < 1.29 is 14.6 Å². The molecule has 37 heavy (non-hydrogen) atoms. The molecule has 0 aromatic heterocycles. The number of hydrogen-bond donors (Lipinski definition) is 2. The van der Waals surface area contributed by atoms with E-state index in [1.54, 1.807) is 5.57 Å². The number of aliphatic hydroxyl groups excluding tert-OH is 2. The molecule has 3 aliphatic rings. The number of allylic oxidation sites excluding steroid dienone is 3. The van der Waals surface area contributed by atoms with Crippen molar-refractivity contribution in [1.29, 1.82) is 0 Å². The van der Waals surface area contributed by atoms with Crippen molar-refractivity contribution in [2.45, 2.75) is 156 Å². The van der Waals surface area contributed by atoms with E-state index in [1.165, 1.54) is 75.1 Å². The summed E-state index contributed by atoms with van der Waals surface area (Å²) in [5.41, 5.74) is 3.27. The summed E-state index contributed by atoms with van der Waals surface area (Å²) in [4.78, 5) is 0. The summed E-state index contributed by atoms with van der Waals surface area (Å²) in [5.74, 6) is 2.26. The lowest BCUT2D eigenvalue weighted by molar-refractivity contribution is 0.00406. The van der Waals surface area contributed by atoms with E-state index >= 15 is 0 Å². The third-order valence-corrected chi connectivity index (χ3v) is 16.1. The minimum Gasteiger partial charge on any atom is -0.412 e. The highest BCUT2D eigenvalue weighted by Crippen LogP contribution is 2.60. The maximum atomic E-state index is 10.3. The van der Waals surface area contributed by atoms with Gasteiger partial charge in [-0.3, -0.25) is 0 Å². The molecule has 0 aromatic carbocycles. The minimum atomic E-state index is -1.57. The van der Waals surface area contributed by atoms with Gasteiger partial charge in [0.1, 0.15) is 0 Å². The molecule has 6 atom stereocenters. The van der Waals surface area contributed by atoms with Gasteiger partial charge >= 0.3 is 0 Å². The molecule has 2 unspecified atom stereocenters. The van der Waals surface area contributed by atoms with Gasteiger partial charge in [0.25, 0.3) is 0 Å². The first kappa shape index (κ1) is 31.1. The summed E-state index contributed by atoms with van der Waals surface area (Å²) in [6.45, 7) is 18.8.